The summed E-state index contributed by atoms with van der Waals surface area (Å²) >= 11 is 3.59. The van der Waals surface area contributed by atoms with E-state index in [1.165, 1.54) is 15.6 Å². The first-order chi connectivity index (χ1) is 7.24. The van der Waals surface area contributed by atoms with E-state index in [1.807, 2.05) is 13.0 Å². The number of fused-ring (bicyclic) bond motifs is 1. The molecule has 0 aromatic heterocycles. The Morgan fingerprint density at radius 1 is 1.53 bits per heavy atom. The molecule has 80 valence electrons. The van der Waals surface area contributed by atoms with Crippen LogP contribution in [0.4, 0.5) is 0 Å². The fraction of sp³-hybridized carbons (Fsp3) is 0.417. The summed E-state index contributed by atoms with van der Waals surface area (Å²) in [6.45, 7) is 4.80. The normalized spacial score (nSPS) is 21.8. The molecule has 2 nitrogen and oxygen atoms in total. The van der Waals surface area contributed by atoms with E-state index in [1.54, 1.807) is 0 Å². The van der Waals surface area contributed by atoms with Gasteiger partial charge in [0.05, 0.1) is 5.71 Å². The minimum absolute atomic E-state index is 0.523. The first-order valence-electron chi connectivity index (χ1n) is 5.21. The summed E-state index contributed by atoms with van der Waals surface area (Å²) in [7, 11) is 0. The highest BCUT2D eigenvalue weighted by Crippen LogP contribution is 2.37. The van der Waals surface area contributed by atoms with Crippen molar-refractivity contribution in [2.75, 3.05) is 6.61 Å². The third kappa shape index (κ3) is 1.93. The second kappa shape index (κ2) is 4.35. The van der Waals surface area contributed by atoms with Crippen molar-refractivity contribution in [1.82, 2.24) is 0 Å². The fourth-order valence-corrected chi connectivity index (χ4v) is 2.78. The lowest BCUT2D eigenvalue weighted by atomic mass is 10.0. The van der Waals surface area contributed by atoms with Crippen LogP contribution in [0.1, 0.15) is 37.3 Å². The van der Waals surface area contributed by atoms with Crippen molar-refractivity contribution in [3.05, 3.63) is 33.8 Å². The van der Waals surface area contributed by atoms with Crippen molar-refractivity contribution in [2.24, 2.45) is 5.16 Å². The maximum absolute atomic E-state index is 5.14. The lowest BCUT2D eigenvalue weighted by molar-refractivity contribution is 0.158. The molecule has 0 bridgehead atoms. The Labute approximate surface area is 98.4 Å². The zero-order valence-corrected chi connectivity index (χ0v) is 10.5. The third-order valence-electron chi connectivity index (χ3n) is 2.66. The molecule has 15 heavy (non-hydrogen) atoms. The average Bonchev–Trinajstić information content (AvgIpc) is 2.54. The van der Waals surface area contributed by atoms with Gasteiger partial charge in [-0.3, -0.25) is 0 Å². The second-order valence-corrected chi connectivity index (χ2v) is 4.62. The van der Waals surface area contributed by atoms with Crippen molar-refractivity contribution in [3.63, 3.8) is 0 Å². The first kappa shape index (κ1) is 10.7. The number of hydrogen-bond donors (Lipinski definition) is 0. The van der Waals surface area contributed by atoms with Crippen LogP contribution in [0.2, 0.25) is 0 Å². The minimum atomic E-state index is 0.523. The van der Waals surface area contributed by atoms with E-state index in [9.17, 15) is 0 Å². The monoisotopic (exact) mass is 267 g/mol. The molecule has 1 aliphatic rings. The molecule has 0 amide bonds. The van der Waals surface area contributed by atoms with Crippen LogP contribution in [0.25, 0.3) is 0 Å². The van der Waals surface area contributed by atoms with Gasteiger partial charge in [-0.05, 0) is 24.5 Å². The van der Waals surface area contributed by atoms with E-state index in [0.717, 1.165) is 12.1 Å². The van der Waals surface area contributed by atoms with Crippen LogP contribution >= 0.6 is 15.9 Å². The van der Waals surface area contributed by atoms with Gasteiger partial charge in [-0.1, -0.05) is 40.1 Å². The van der Waals surface area contributed by atoms with Gasteiger partial charge in [0.15, 0.2) is 0 Å². The molecule has 0 radical (unpaired) electrons. The summed E-state index contributed by atoms with van der Waals surface area (Å²) in [6, 6.07) is 6.24. The van der Waals surface area contributed by atoms with Crippen LogP contribution < -0.4 is 0 Å². The quantitative estimate of drug-likeness (QED) is 0.749. The van der Waals surface area contributed by atoms with Gasteiger partial charge in [0.1, 0.15) is 6.61 Å². The highest BCUT2D eigenvalue weighted by Gasteiger charge is 2.26. The summed E-state index contributed by atoms with van der Waals surface area (Å²) < 4.78 is 1.18. The van der Waals surface area contributed by atoms with Crippen LogP contribution in [0.5, 0.6) is 0 Å². The lowest BCUT2D eigenvalue weighted by Gasteiger charge is -2.05. The molecule has 1 aromatic carbocycles. The van der Waals surface area contributed by atoms with Gasteiger partial charge in [-0.25, -0.2) is 0 Å². The molecule has 0 unspecified atom stereocenters. The number of rotatable bonds is 2. The molecule has 2 rings (SSSR count). The van der Waals surface area contributed by atoms with Crippen molar-refractivity contribution in [1.29, 1.82) is 0 Å². The van der Waals surface area contributed by atoms with Crippen LogP contribution in [-0.2, 0) is 4.84 Å². The maximum atomic E-state index is 5.14. The summed E-state index contributed by atoms with van der Waals surface area (Å²) in [5, 5.41) is 4.17. The molecule has 1 aliphatic carbocycles. The number of oxime groups is 1. The molecule has 3 heteroatoms. The first-order valence-corrected chi connectivity index (χ1v) is 6.01. The average molecular weight is 268 g/mol. The van der Waals surface area contributed by atoms with Gasteiger partial charge >= 0.3 is 0 Å². The van der Waals surface area contributed by atoms with Crippen LogP contribution in [-0.4, -0.2) is 12.3 Å². The third-order valence-corrected chi connectivity index (χ3v) is 3.35. The van der Waals surface area contributed by atoms with Crippen molar-refractivity contribution in [3.8, 4) is 0 Å². The summed E-state index contributed by atoms with van der Waals surface area (Å²) in [5.74, 6) is 0.523. The summed E-state index contributed by atoms with van der Waals surface area (Å²) in [4.78, 5) is 5.14. The Balaban J connectivity index is 2.42. The maximum Gasteiger partial charge on any atom is 0.114 e. The predicted molar refractivity (Wildman–Crippen MR) is 65.3 cm³/mol. The fourth-order valence-electron chi connectivity index (χ4n) is 2.02. The Morgan fingerprint density at radius 2 is 2.33 bits per heavy atom. The highest BCUT2D eigenvalue weighted by molar-refractivity contribution is 9.10. The lowest BCUT2D eigenvalue weighted by Crippen LogP contribution is -1.96. The molecule has 0 saturated heterocycles. The van der Waals surface area contributed by atoms with Crippen LogP contribution in [0.15, 0.2) is 27.8 Å². The van der Waals surface area contributed by atoms with E-state index < -0.39 is 0 Å². The van der Waals surface area contributed by atoms with Crippen LogP contribution in [0.3, 0.4) is 0 Å². The van der Waals surface area contributed by atoms with Gasteiger partial charge in [-0.2, -0.15) is 0 Å². The Kier molecular flexibility index (Phi) is 3.10. The van der Waals surface area contributed by atoms with E-state index >= 15 is 0 Å². The van der Waals surface area contributed by atoms with Gasteiger partial charge in [0.25, 0.3) is 0 Å². The zero-order chi connectivity index (χ0) is 10.8. The number of benzene rings is 1. The Hall–Kier alpha value is -0.830. The Bertz CT molecular complexity index is 401. The Morgan fingerprint density at radius 3 is 3.07 bits per heavy atom. The standard InChI is InChI=1S/C12H14BrNO/c1-3-15-14-11-7-8(2)12-9(11)5-4-6-10(12)13/h4-6,8H,3,7H2,1-2H3/b14-11-/t8-/m0/s1. The molecule has 1 aromatic rings. The summed E-state index contributed by atoms with van der Waals surface area (Å²) in [6.07, 6.45) is 0.970. The molecule has 0 N–H and O–H groups in total. The zero-order valence-electron chi connectivity index (χ0n) is 8.96. The number of hydrogen-bond acceptors (Lipinski definition) is 2. The molecule has 0 saturated carbocycles. The smallest absolute Gasteiger partial charge is 0.114 e. The molecule has 0 fully saturated rings. The van der Waals surface area contributed by atoms with E-state index in [0.29, 0.717) is 12.5 Å². The minimum Gasteiger partial charge on any atom is -0.396 e. The molecule has 1 atom stereocenters. The van der Waals surface area contributed by atoms with E-state index in [2.05, 4.69) is 40.1 Å². The highest BCUT2D eigenvalue weighted by atomic mass is 79.9. The summed E-state index contributed by atoms with van der Waals surface area (Å²) in [5.41, 5.74) is 3.65. The largest absolute Gasteiger partial charge is 0.396 e. The molecule has 0 spiro atoms. The van der Waals surface area contributed by atoms with Crippen molar-refractivity contribution < 1.29 is 4.84 Å². The van der Waals surface area contributed by atoms with E-state index in [4.69, 9.17) is 4.84 Å². The van der Waals surface area contributed by atoms with Crippen molar-refractivity contribution in [2.45, 2.75) is 26.2 Å². The number of nitrogens with zero attached hydrogens (tertiary/aromatic N) is 1. The molecular weight excluding hydrogens is 254 g/mol. The predicted octanol–water partition coefficient (Wildman–Crippen LogP) is 3.70. The van der Waals surface area contributed by atoms with Gasteiger partial charge < -0.3 is 4.84 Å². The SMILES string of the molecule is CCO/N=C1/C[C@H](C)c2c(Br)cccc21. The molecule has 0 heterocycles. The topological polar surface area (TPSA) is 21.6 Å². The van der Waals surface area contributed by atoms with Crippen molar-refractivity contribution >= 4 is 21.6 Å². The molecule has 0 aliphatic heterocycles. The van der Waals surface area contributed by atoms with Crippen LogP contribution in [0, 0.1) is 0 Å². The molecular formula is C12H14BrNO. The second-order valence-electron chi connectivity index (χ2n) is 3.76. The van der Waals surface area contributed by atoms with Gasteiger partial charge in [0, 0.05) is 16.5 Å². The number of halogens is 1. The van der Waals surface area contributed by atoms with Gasteiger partial charge in [-0.15, -0.1) is 0 Å². The van der Waals surface area contributed by atoms with Gasteiger partial charge in [0.2, 0.25) is 0 Å². The van der Waals surface area contributed by atoms with E-state index in [-0.39, 0.29) is 0 Å².